The normalized spacial score (nSPS) is 11.7. The molecule has 0 fully saturated rings. The molecule has 0 aliphatic heterocycles. The van der Waals surface area contributed by atoms with Crippen LogP contribution in [0.2, 0.25) is 0 Å². The van der Waals surface area contributed by atoms with Gasteiger partial charge in [-0.05, 0) is 31.0 Å². The van der Waals surface area contributed by atoms with Gasteiger partial charge in [0.2, 0.25) is 5.91 Å². The Bertz CT molecular complexity index is 429. The highest BCUT2D eigenvalue weighted by Gasteiger charge is 2.14. The zero-order valence-electron chi connectivity index (χ0n) is 12.1. The molecule has 2 N–H and O–H groups in total. The van der Waals surface area contributed by atoms with Crippen molar-refractivity contribution in [2.45, 2.75) is 32.4 Å². The molecule has 0 heterocycles. The van der Waals surface area contributed by atoms with Crippen molar-refractivity contribution in [2.75, 3.05) is 13.6 Å². The van der Waals surface area contributed by atoms with E-state index >= 15 is 0 Å². The van der Waals surface area contributed by atoms with Gasteiger partial charge in [0.15, 0.2) is 0 Å². The van der Waals surface area contributed by atoms with Gasteiger partial charge in [-0.25, -0.2) is 0 Å². The summed E-state index contributed by atoms with van der Waals surface area (Å²) in [5.41, 5.74) is 6.40. The number of nitrogens with two attached hydrogens (primary N) is 1. The molecule has 1 aromatic rings. The second kappa shape index (κ2) is 9.52. The molecular weight excluding hydrogens is 302 g/mol. The maximum absolute atomic E-state index is 12.0. The van der Waals surface area contributed by atoms with Gasteiger partial charge in [0.1, 0.15) is 5.75 Å². The minimum atomic E-state index is -2.83. The first-order valence-electron chi connectivity index (χ1n) is 6.43. The van der Waals surface area contributed by atoms with Crippen molar-refractivity contribution in [3.8, 4) is 5.75 Å². The van der Waals surface area contributed by atoms with Gasteiger partial charge in [-0.2, -0.15) is 8.78 Å². The molecular formula is C14H21ClF2N2O2. The van der Waals surface area contributed by atoms with Gasteiger partial charge in [0, 0.05) is 26.1 Å². The Hall–Kier alpha value is -1.40. The van der Waals surface area contributed by atoms with Gasteiger partial charge in [0.05, 0.1) is 0 Å². The third kappa shape index (κ3) is 6.73. The second-order valence-corrected chi connectivity index (χ2v) is 4.61. The van der Waals surface area contributed by atoms with Crippen molar-refractivity contribution in [1.82, 2.24) is 4.90 Å². The Morgan fingerprint density at radius 1 is 1.33 bits per heavy atom. The van der Waals surface area contributed by atoms with Crippen LogP contribution in [0, 0.1) is 0 Å². The average molecular weight is 323 g/mol. The number of ether oxygens (including phenoxy) is 1. The van der Waals surface area contributed by atoms with E-state index in [0.717, 1.165) is 5.56 Å². The number of nitrogens with zero attached hydrogens (tertiary/aromatic N) is 1. The largest absolute Gasteiger partial charge is 0.435 e. The van der Waals surface area contributed by atoms with E-state index in [4.69, 9.17) is 5.73 Å². The minimum Gasteiger partial charge on any atom is -0.435 e. The molecule has 1 rings (SSSR count). The smallest absolute Gasteiger partial charge is 0.387 e. The summed E-state index contributed by atoms with van der Waals surface area (Å²) >= 11 is 0. The topological polar surface area (TPSA) is 55.6 Å². The number of carbonyl (C=O) groups is 1. The molecule has 21 heavy (non-hydrogen) atoms. The first-order valence-corrected chi connectivity index (χ1v) is 6.43. The molecule has 120 valence electrons. The molecule has 4 nitrogen and oxygen atoms in total. The molecule has 0 radical (unpaired) electrons. The van der Waals surface area contributed by atoms with Gasteiger partial charge < -0.3 is 15.4 Å². The number of alkyl halides is 2. The summed E-state index contributed by atoms with van der Waals surface area (Å²) < 4.78 is 28.2. The molecule has 0 aliphatic carbocycles. The quantitative estimate of drug-likeness (QED) is 0.839. The monoisotopic (exact) mass is 322 g/mol. The number of carbonyl (C=O) groups excluding carboxylic acids is 1. The van der Waals surface area contributed by atoms with E-state index in [9.17, 15) is 13.6 Å². The van der Waals surface area contributed by atoms with Crippen LogP contribution in [0.15, 0.2) is 24.3 Å². The number of hydrogen-bond acceptors (Lipinski definition) is 3. The van der Waals surface area contributed by atoms with Crippen molar-refractivity contribution in [3.63, 3.8) is 0 Å². The fourth-order valence-electron chi connectivity index (χ4n) is 1.67. The van der Waals surface area contributed by atoms with Crippen LogP contribution in [0.25, 0.3) is 0 Å². The SMILES string of the molecule is CC(CN)N(C)C(=O)CCc1ccc(OC(F)F)cc1.Cl. The maximum atomic E-state index is 12.0. The Morgan fingerprint density at radius 2 is 1.90 bits per heavy atom. The van der Waals surface area contributed by atoms with Gasteiger partial charge in [0.25, 0.3) is 0 Å². The minimum absolute atomic E-state index is 0. The predicted molar refractivity (Wildman–Crippen MR) is 79.9 cm³/mol. The van der Waals surface area contributed by atoms with Gasteiger partial charge in [-0.15, -0.1) is 12.4 Å². The molecule has 0 bridgehead atoms. The average Bonchev–Trinajstić information content (AvgIpc) is 2.44. The fourth-order valence-corrected chi connectivity index (χ4v) is 1.67. The zero-order chi connectivity index (χ0) is 15.1. The lowest BCUT2D eigenvalue weighted by molar-refractivity contribution is -0.131. The lowest BCUT2D eigenvalue weighted by Gasteiger charge is -2.23. The first-order chi connectivity index (χ1) is 9.43. The molecule has 1 atom stereocenters. The van der Waals surface area contributed by atoms with Gasteiger partial charge >= 0.3 is 6.61 Å². The summed E-state index contributed by atoms with van der Waals surface area (Å²) in [5.74, 6) is 0.125. The van der Waals surface area contributed by atoms with Crippen LogP contribution >= 0.6 is 12.4 Å². The lowest BCUT2D eigenvalue weighted by atomic mass is 10.1. The van der Waals surface area contributed by atoms with Crippen molar-refractivity contribution < 1.29 is 18.3 Å². The van der Waals surface area contributed by atoms with Crippen molar-refractivity contribution in [3.05, 3.63) is 29.8 Å². The van der Waals surface area contributed by atoms with Crippen LogP contribution in [0.5, 0.6) is 5.75 Å². The van der Waals surface area contributed by atoms with E-state index in [2.05, 4.69) is 4.74 Å². The standard InChI is InChI=1S/C14H20F2N2O2.ClH/c1-10(9-17)18(2)13(19)8-5-11-3-6-12(7-4-11)20-14(15)16;/h3-4,6-7,10,14H,5,8-9,17H2,1-2H3;1H. The fraction of sp³-hybridized carbons (Fsp3) is 0.500. The summed E-state index contributed by atoms with van der Waals surface area (Å²) in [7, 11) is 1.72. The summed E-state index contributed by atoms with van der Waals surface area (Å²) in [6, 6.07) is 6.30. The number of likely N-dealkylation sites (N-methyl/N-ethyl adjacent to an activating group) is 1. The van der Waals surface area contributed by atoms with Crippen LogP contribution in [-0.2, 0) is 11.2 Å². The van der Waals surface area contributed by atoms with Crippen molar-refractivity contribution >= 4 is 18.3 Å². The molecule has 0 aliphatic rings. The number of benzene rings is 1. The Kier molecular flexibility index (Phi) is 8.89. The molecule has 0 saturated carbocycles. The van der Waals surface area contributed by atoms with E-state index in [1.54, 1.807) is 24.1 Å². The number of rotatable bonds is 7. The molecule has 0 saturated heterocycles. The third-order valence-corrected chi connectivity index (χ3v) is 3.17. The number of halogens is 3. The molecule has 0 spiro atoms. The van der Waals surface area contributed by atoms with E-state index in [1.165, 1.54) is 12.1 Å². The zero-order valence-corrected chi connectivity index (χ0v) is 12.9. The lowest BCUT2D eigenvalue weighted by Crippen LogP contribution is -2.39. The Morgan fingerprint density at radius 3 is 2.38 bits per heavy atom. The van der Waals surface area contributed by atoms with E-state index < -0.39 is 6.61 Å². The van der Waals surface area contributed by atoms with E-state index in [-0.39, 0.29) is 30.1 Å². The van der Waals surface area contributed by atoms with Crippen molar-refractivity contribution in [1.29, 1.82) is 0 Å². The predicted octanol–water partition coefficient (Wildman–Crippen LogP) is 2.45. The Labute approximate surface area is 129 Å². The number of aryl methyl sites for hydroxylation is 1. The van der Waals surface area contributed by atoms with Crippen LogP contribution in [-0.4, -0.2) is 37.1 Å². The number of hydrogen-bond donors (Lipinski definition) is 1. The summed E-state index contributed by atoms with van der Waals surface area (Å²) in [5, 5.41) is 0. The van der Waals surface area contributed by atoms with Gasteiger partial charge in [-0.1, -0.05) is 12.1 Å². The first kappa shape index (κ1) is 19.6. The van der Waals surface area contributed by atoms with E-state index in [0.29, 0.717) is 19.4 Å². The maximum Gasteiger partial charge on any atom is 0.387 e. The van der Waals surface area contributed by atoms with Crippen LogP contribution in [0.3, 0.4) is 0 Å². The van der Waals surface area contributed by atoms with Crippen LogP contribution < -0.4 is 10.5 Å². The molecule has 1 amide bonds. The highest BCUT2D eigenvalue weighted by atomic mass is 35.5. The van der Waals surface area contributed by atoms with Crippen molar-refractivity contribution in [2.24, 2.45) is 5.73 Å². The summed E-state index contributed by atoms with van der Waals surface area (Å²) in [6.45, 7) is -0.523. The molecule has 0 aromatic heterocycles. The van der Waals surface area contributed by atoms with Gasteiger partial charge in [-0.3, -0.25) is 4.79 Å². The molecule has 1 unspecified atom stereocenters. The molecule has 7 heteroatoms. The van der Waals surface area contributed by atoms with Crippen LogP contribution in [0.4, 0.5) is 8.78 Å². The summed E-state index contributed by atoms with van der Waals surface area (Å²) in [6.07, 6.45) is 0.908. The Balaban J connectivity index is 0.00000400. The molecule has 1 aromatic carbocycles. The second-order valence-electron chi connectivity index (χ2n) is 4.61. The highest BCUT2D eigenvalue weighted by molar-refractivity contribution is 5.85. The number of amides is 1. The van der Waals surface area contributed by atoms with E-state index in [1.807, 2.05) is 6.92 Å². The third-order valence-electron chi connectivity index (χ3n) is 3.17. The van der Waals surface area contributed by atoms with Crippen LogP contribution in [0.1, 0.15) is 18.9 Å². The summed E-state index contributed by atoms with van der Waals surface area (Å²) in [4.78, 5) is 13.5. The highest BCUT2D eigenvalue weighted by Crippen LogP contribution is 2.16.